The zero-order valence-electron chi connectivity index (χ0n) is 20.1. The summed E-state index contributed by atoms with van der Waals surface area (Å²) >= 11 is 4.78. The lowest BCUT2D eigenvalue weighted by Crippen LogP contribution is -2.47. The van der Waals surface area contributed by atoms with Crippen LogP contribution in [0.3, 0.4) is 0 Å². The highest BCUT2D eigenvalue weighted by Crippen LogP contribution is 2.29. The van der Waals surface area contributed by atoms with E-state index < -0.39 is 41.2 Å². The molecule has 12 heteroatoms. The Balaban J connectivity index is 2.02. The predicted octanol–water partition coefficient (Wildman–Crippen LogP) is 6.11. The number of amides is 2. The van der Waals surface area contributed by atoms with Gasteiger partial charge >= 0.3 is 18.4 Å². The van der Waals surface area contributed by atoms with Crippen molar-refractivity contribution in [3.63, 3.8) is 0 Å². The second-order valence-electron chi connectivity index (χ2n) is 9.51. The molecule has 1 unspecified atom stereocenters. The summed E-state index contributed by atoms with van der Waals surface area (Å²) in [4.78, 5) is 29.0. The van der Waals surface area contributed by atoms with Crippen LogP contribution in [-0.4, -0.2) is 41.0 Å². The van der Waals surface area contributed by atoms with Crippen LogP contribution in [0.15, 0.2) is 34.2 Å². The minimum absolute atomic E-state index is 0.0298. The van der Waals surface area contributed by atoms with Gasteiger partial charge in [0.2, 0.25) is 0 Å². The Morgan fingerprint density at radius 1 is 1.06 bits per heavy atom. The van der Waals surface area contributed by atoms with Gasteiger partial charge in [0.15, 0.2) is 0 Å². The molecule has 0 spiro atoms. The number of carbonyl (C=O) groups is 2. The van der Waals surface area contributed by atoms with Gasteiger partial charge in [-0.1, -0.05) is 12.1 Å². The van der Waals surface area contributed by atoms with E-state index in [1.807, 2.05) is 0 Å². The van der Waals surface area contributed by atoms with E-state index in [1.165, 1.54) is 23.5 Å². The van der Waals surface area contributed by atoms with Crippen molar-refractivity contribution in [2.24, 2.45) is 0 Å². The maximum atomic E-state index is 12.9. The quantitative estimate of drug-likeness (QED) is 0.394. The Morgan fingerprint density at radius 2 is 1.69 bits per heavy atom. The lowest BCUT2D eigenvalue weighted by atomic mass is 10.0. The molecule has 0 bridgehead atoms. The Kier molecular flexibility index (Phi) is 9.57. The van der Waals surface area contributed by atoms with Gasteiger partial charge in [-0.2, -0.15) is 13.2 Å². The van der Waals surface area contributed by atoms with Crippen LogP contribution in [0, 0.1) is 0 Å². The van der Waals surface area contributed by atoms with Crippen LogP contribution in [0.1, 0.15) is 50.8 Å². The first kappa shape index (κ1) is 28.9. The van der Waals surface area contributed by atoms with Crippen molar-refractivity contribution in [2.45, 2.75) is 70.9 Å². The number of nitrogens with one attached hydrogen (secondary N) is 2. The van der Waals surface area contributed by atoms with Crippen LogP contribution in [-0.2, 0) is 28.5 Å². The highest BCUT2D eigenvalue weighted by Gasteiger charge is 2.30. The van der Waals surface area contributed by atoms with Crippen molar-refractivity contribution in [1.82, 2.24) is 15.6 Å². The summed E-state index contributed by atoms with van der Waals surface area (Å²) in [6.45, 7) is 8.58. The molecule has 2 amide bonds. The fourth-order valence-electron chi connectivity index (χ4n) is 3.03. The molecule has 0 radical (unpaired) electrons. The van der Waals surface area contributed by atoms with Crippen LogP contribution in [0.4, 0.5) is 22.8 Å². The van der Waals surface area contributed by atoms with Gasteiger partial charge in [-0.05, 0) is 74.7 Å². The van der Waals surface area contributed by atoms with Gasteiger partial charge in [0, 0.05) is 13.0 Å². The molecule has 2 rings (SSSR count). The van der Waals surface area contributed by atoms with E-state index in [1.54, 1.807) is 40.8 Å². The second-order valence-corrected chi connectivity index (χ2v) is 12.0. The van der Waals surface area contributed by atoms with Crippen LogP contribution in [0.5, 0.6) is 0 Å². The van der Waals surface area contributed by atoms with Gasteiger partial charge < -0.3 is 20.1 Å². The van der Waals surface area contributed by atoms with Crippen molar-refractivity contribution in [3.8, 4) is 0 Å². The number of thiazole rings is 1. The van der Waals surface area contributed by atoms with Crippen molar-refractivity contribution in [3.05, 3.63) is 50.4 Å². The second kappa shape index (κ2) is 11.6. The first-order valence-corrected chi connectivity index (χ1v) is 12.4. The number of hydrogen-bond acceptors (Lipinski definition) is 6. The van der Waals surface area contributed by atoms with Crippen molar-refractivity contribution < 1.29 is 32.2 Å². The zero-order valence-corrected chi connectivity index (χ0v) is 22.5. The normalized spacial score (nSPS) is 13.2. The third-order valence-electron chi connectivity index (χ3n) is 4.45. The number of aromatic nitrogens is 1. The minimum atomic E-state index is -4.44. The van der Waals surface area contributed by atoms with E-state index in [9.17, 15) is 22.8 Å². The number of alkyl halides is 3. The van der Waals surface area contributed by atoms with Crippen molar-refractivity contribution in [1.29, 1.82) is 0 Å². The first-order valence-electron chi connectivity index (χ1n) is 10.8. The smallest absolute Gasteiger partial charge is 0.416 e. The summed E-state index contributed by atoms with van der Waals surface area (Å²) in [6.07, 6.45) is -3.62. The highest BCUT2D eigenvalue weighted by molar-refractivity contribution is 9.11. The Labute approximate surface area is 214 Å². The largest absolute Gasteiger partial charge is 0.444 e. The molecule has 1 atom stereocenters. The number of alkyl carbamates (subject to hydrolysis) is 2. The molecule has 0 aliphatic rings. The van der Waals surface area contributed by atoms with Gasteiger partial charge in [0.1, 0.15) is 11.2 Å². The summed E-state index contributed by atoms with van der Waals surface area (Å²) in [7, 11) is 0. The molecule has 0 saturated carbocycles. The van der Waals surface area contributed by atoms with E-state index in [4.69, 9.17) is 9.47 Å². The van der Waals surface area contributed by atoms with Gasteiger partial charge in [-0.15, -0.1) is 11.3 Å². The molecule has 1 aromatic carbocycles. The summed E-state index contributed by atoms with van der Waals surface area (Å²) in [6, 6.07) is 3.95. The van der Waals surface area contributed by atoms with Crippen molar-refractivity contribution >= 4 is 39.5 Å². The van der Waals surface area contributed by atoms with E-state index in [0.717, 1.165) is 20.9 Å². The molecule has 1 heterocycles. The molecule has 2 aromatic rings. The lowest BCUT2D eigenvalue weighted by molar-refractivity contribution is -0.137. The predicted molar refractivity (Wildman–Crippen MR) is 130 cm³/mol. The summed E-state index contributed by atoms with van der Waals surface area (Å²) < 4.78 is 50.2. The number of nitrogens with zero attached hydrogens (tertiary/aromatic N) is 1. The molecule has 0 aliphatic heterocycles. The molecule has 0 saturated heterocycles. The lowest BCUT2D eigenvalue weighted by Gasteiger charge is -2.26. The average molecular weight is 580 g/mol. The number of hydrogen-bond donors (Lipinski definition) is 2. The van der Waals surface area contributed by atoms with Crippen LogP contribution in [0.25, 0.3) is 0 Å². The standard InChI is InChI=1S/C23H29BrF3N3O4S/c1-21(2,3)33-20(32)30-16(10-14-6-8-15(9-7-14)23(25,26)27)12-29-19(31)34-22(4,5)11-18-28-13-17(24)35-18/h6-9,13,16H,10-12H2,1-5H3,(H,29,31)(H,30,32). The zero-order chi connectivity index (χ0) is 26.4. The first-order chi connectivity index (χ1) is 16.0. The third-order valence-corrected chi connectivity index (χ3v) is 5.92. The van der Waals surface area contributed by atoms with Gasteiger partial charge in [-0.3, -0.25) is 0 Å². The van der Waals surface area contributed by atoms with Crippen molar-refractivity contribution in [2.75, 3.05) is 6.54 Å². The van der Waals surface area contributed by atoms with Gasteiger partial charge in [-0.25, -0.2) is 14.6 Å². The van der Waals surface area contributed by atoms with Crippen LogP contribution < -0.4 is 10.6 Å². The van der Waals surface area contributed by atoms with E-state index in [-0.39, 0.29) is 13.0 Å². The topological polar surface area (TPSA) is 89.6 Å². The third kappa shape index (κ3) is 10.9. The Hall–Kier alpha value is -2.34. The molecular formula is C23H29BrF3N3O4S. The number of carbonyl (C=O) groups excluding carboxylic acids is 2. The number of benzene rings is 1. The molecule has 0 fully saturated rings. The summed E-state index contributed by atoms with van der Waals surface area (Å²) in [5.41, 5.74) is -1.81. The Morgan fingerprint density at radius 3 is 2.20 bits per heavy atom. The molecular weight excluding hydrogens is 551 g/mol. The number of halogens is 4. The fourth-order valence-corrected chi connectivity index (χ4v) is 4.54. The van der Waals surface area contributed by atoms with Crippen LogP contribution in [0.2, 0.25) is 0 Å². The minimum Gasteiger partial charge on any atom is -0.444 e. The molecule has 0 aliphatic carbocycles. The van der Waals surface area contributed by atoms with Gasteiger partial charge in [0.25, 0.3) is 0 Å². The number of ether oxygens (including phenoxy) is 2. The Bertz CT molecular complexity index is 1000. The van der Waals surface area contributed by atoms with Crippen LogP contribution >= 0.6 is 27.3 Å². The monoisotopic (exact) mass is 579 g/mol. The van der Waals surface area contributed by atoms with E-state index >= 15 is 0 Å². The summed E-state index contributed by atoms with van der Waals surface area (Å²) in [5.74, 6) is 0. The maximum Gasteiger partial charge on any atom is 0.416 e. The molecule has 2 N–H and O–H groups in total. The van der Waals surface area contributed by atoms with E-state index in [2.05, 4.69) is 31.5 Å². The molecule has 1 aromatic heterocycles. The maximum absolute atomic E-state index is 12.9. The summed E-state index contributed by atoms with van der Waals surface area (Å²) in [5, 5.41) is 6.07. The molecule has 194 valence electrons. The fraction of sp³-hybridized carbons (Fsp3) is 0.522. The highest BCUT2D eigenvalue weighted by atomic mass is 79.9. The molecule has 35 heavy (non-hydrogen) atoms. The average Bonchev–Trinajstić information content (AvgIpc) is 3.07. The molecule has 7 nitrogen and oxygen atoms in total. The number of rotatable bonds is 8. The van der Waals surface area contributed by atoms with E-state index in [0.29, 0.717) is 12.0 Å². The SMILES string of the molecule is CC(C)(C)OC(=O)NC(CNC(=O)OC(C)(C)Cc1ncc(Br)s1)Cc1ccc(C(F)(F)F)cc1. The van der Waals surface area contributed by atoms with Gasteiger partial charge in [0.05, 0.1) is 26.6 Å².